The fraction of sp³-hybridized carbons (Fsp3) is 0.333. The standard InChI is InChI=1S/C12H15ClN2O4/c13-8-1-3-9(4-2-8)15-11(17)7-10(12(18)19)14-5-6-16/h1-4,10,14,16H,5-7H2,(H,15,17)(H,18,19)/t10-/m1/s1. The van der Waals surface area contributed by atoms with Gasteiger partial charge in [-0.15, -0.1) is 0 Å². The second kappa shape index (κ2) is 7.73. The van der Waals surface area contributed by atoms with Crippen molar-refractivity contribution >= 4 is 29.2 Å². The lowest BCUT2D eigenvalue weighted by atomic mass is 10.2. The van der Waals surface area contributed by atoms with Crippen LogP contribution in [0.15, 0.2) is 24.3 Å². The predicted octanol–water partition coefficient (Wildman–Crippen LogP) is 0.704. The summed E-state index contributed by atoms with van der Waals surface area (Å²) >= 11 is 5.71. The summed E-state index contributed by atoms with van der Waals surface area (Å²) in [7, 11) is 0. The molecule has 0 heterocycles. The van der Waals surface area contributed by atoms with Crippen molar-refractivity contribution in [3.8, 4) is 0 Å². The number of aliphatic hydroxyl groups is 1. The summed E-state index contributed by atoms with van der Waals surface area (Å²) in [5.74, 6) is -1.57. The van der Waals surface area contributed by atoms with Crippen LogP contribution in [0.4, 0.5) is 5.69 Å². The molecule has 1 amide bonds. The number of carbonyl (C=O) groups is 2. The third-order valence-corrected chi connectivity index (χ3v) is 2.57. The van der Waals surface area contributed by atoms with Gasteiger partial charge in [0.15, 0.2) is 0 Å². The maximum atomic E-state index is 11.7. The van der Waals surface area contributed by atoms with Crippen LogP contribution in [0.25, 0.3) is 0 Å². The highest BCUT2D eigenvalue weighted by Gasteiger charge is 2.20. The average Bonchev–Trinajstić information content (AvgIpc) is 2.37. The van der Waals surface area contributed by atoms with E-state index in [2.05, 4.69) is 10.6 Å². The Morgan fingerprint density at radius 1 is 1.26 bits per heavy atom. The number of carboxylic acids is 1. The lowest BCUT2D eigenvalue weighted by Gasteiger charge is -2.13. The van der Waals surface area contributed by atoms with Gasteiger partial charge in [0.1, 0.15) is 6.04 Å². The van der Waals surface area contributed by atoms with Crippen molar-refractivity contribution in [3.63, 3.8) is 0 Å². The Balaban J connectivity index is 2.52. The zero-order chi connectivity index (χ0) is 14.3. The van der Waals surface area contributed by atoms with Crippen LogP contribution < -0.4 is 10.6 Å². The highest BCUT2D eigenvalue weighted by atomic mass is 35.5. The van der Waals surface area contributed by atoms with E-state index in [1.807, 2.05) is 0 Å². The Kier molecular flexibility index (Phi) is 6.27. The normalized spacial score (nSPS) is 11.9. The third-order valence-electron chi connectivity index (χ3n) is 2.32. The van der Waals surface area contributed by atoms with Crippen molar-refractivity contribution in [2.75, 3.05) is 18.5 Å². The van der Waals surface area contributed by atoms with Crippen LogP contribution >= 0.6 is 11.6 Å². The monoisotopic (exact) mass is 286 g/mol. The molecule has 1 aromatic rings. The number of amides is 1. The molecule has 0 aliphatic heterocycles. The molecule has 7 heteroatoms. The van der Waals surface area contributed by atoms with Crippen molar-refractivity contribution in [2.45, 2.75) is 12.5 Å². The minimum Gasteiger partial charge on any atom is -0.480 e. The summed E-state index contributed by atoms with van der Waals surface area (Å²) in [6, 6.07) is 5.46. The lowest BCUT2D eigenvalue weighted by molar-refractivity contribution is -0.141. The number of anilines is 1. The SMILES string of the molecule is O=C(C[C@@H](NCCO)C(=O)O)Nc1ccc(Cl)cc1. The fourth-order valence-corrected chi connectivity index (χ4v) is 1.54. The quantitative estimate of drug-likeness (QED) is 0.591. The first kappa shape index (κ1) is 15.4. The van der Waals surface area contributed by atoms with Gasteiger partial charge in [-0.3, -0.25) is 9.59 Å². The van der Waals surface area contributed by atoms with Crippen LogP contribution in [0.1, 0.15) is 6.42 Å². The first-order valence-corrected chi connectivity index (χ1v) is 6.03. The van der Waals surface area contributed by atoms with Crippen LogP contribution in [0.3, 0.4) is 0 Å². The minimum absolute atomic E-state index is 0.116. The summed E-state index contributed by atoms with van der Waals surface area (Å²) in [4.78, 5) is 22.6. The van der Waals surface area contributed by atoms with Gasteiger partial charge in [-0.05, 0) is 24.3 Å². The van der Waals surface area contributed by atoms with Gasteiger partial charge in [-0.1, -0.05) is 11.6 Å². The van der Waals surface area contributed by atoms with E-state index in [0.29, 0.717) is 10.7 Å². The van der Waals surface area contributed by atoms with Gasteiger partial charge in [0, 0.05) is 17.3 Å². The molecule has 4 N–H and O–H groups in total. The zero-order valence-electron chi connectivity index (χ0n) is 10.1. The Labute approximate surface area is 115 Å². The Bertz CT molecular complexity index is 436. The van der Waals surface area contributed by atoms with Gasteiger partial charge in [0.2, 0.25) is 5.91 Å². The van der Waals surface area contributed by atoms with E-state index < -0.39 is 17.9 Å². The van der Waals surface area contributed by atoms with Crippen LogP contribution in [0.5, 0.6) is 0 Å². The second-order valence-corrected chi connectivity index (χ2v) is 4.26. The third kappa shape index (κ3) is 5.69. The van der Waals surface area contributed by atoms with Crippen LogP contribution in [0.2, 0.25) is 5.02 Å². The van der Waals surface area contributed by atoms with E-state index in [9.17, 15) is 9.59 Å². The number of carbonyl (C=O) groups excluding carboxylic acids is 1. The van der Waals surface area contributed by atoms with E-state index in [-0.39, 0.29) is 19.6 Å². The molecule has 0 saturated heterocycles. The number of nitrogens with one attached hydrogen (secondary N) is 2. The summed E-state index contributed by atoms with van der Waals surface area (Å²) in [5.41, 5.74) is 0.542. The van der Waals surface area contributed by atoms with E-state index in [1.54, 1.807) is 24.3 Å². The van der Waals surface area contributed by atoms with E-state index in [4.69, 9.17) is 21.8 Å². The highest BCUT2D eigenvalue weighted by Crippen LogP contribution is 2.13. The van der Waals surface area contributed by atoms with Crippen molar-refractivity contribution in [2.24, 2.45) is 0 Å². The number of rotatable bonds is 7. The molecule has 19 heavy (non-hydrogen) atoms. The van der Waals surface area contributed by atoms with E-state index in [0.717, 1.165) is 0 Å². The zero-order valence-corrected chi connectivity index (χ0v) is 10.9. The molecule has 0 unspecified atom stereocenters. The molecular weight excluding hydrogens is 272 g/mol. The maximum absolute atomic E-state index is 11.7. The Hall–Kier alpha value is -1.63. The van der Waals surface area contributed by atoms with Gasteiger partial charge in [-0.25, -0.2) is 0 Å². The molecule has 0 aromatic heterocycles. The Morgan fingerprint density at radius 2 is 1.89 bits per heavy atom. The molecule has 0 aliphatic rings. The first-order chi connectivity index (χ1) is 9.02. The van der Waals surface area contributed by atoms with Gasteiger partial charge >= 0.3 is 5.97 Å². The summed E-state index contributed by atoms with van der Waals surface area (Å²) < 4.78 is 0. The van der Waals surface area contributed by atoms with E-state index >= 15 is 0 Å². The van der Waals surface area contributed by atoms with Crippen molar-refractivity contribution in [1.82, 2.24) is 5.32 Å². The van der Waals surface area contributed by atoms with Crippen LogP contribution in [0, 0.1) is 0 Å². The average molecular weight is 287 g/mol. The number of hydrogen-bond acceptors (Lipinski definition) is 4. The van der Waals surface area contributed by atoms with Gasteiger partial charge in [0.25, 0.3) is 0 Å². The first-order valence-electron chi connectivity index (χ1n) is 5.65. The van der Waals surface area contributed by atoms with Gasteiger partial charge in [-0.2, -0.15) is 0 Å². The highest BCUT2D eigenvalue weighted by molar-refractivity contribution is 6.30. The van der Waals surface area contributed by atoms with Crippen LogP contribution in [-0.4, -0.2) is 41.3 Å². The summed E-state index contributed by atoms with van der Waals surface area (Å²) in [6.07, 6.45) is -0.224. The fourth-order valence-electron chi connectivity index (χ4n) is 1.42. The number of halogens is 1. The largest absolute Gasteiger partial charge is 0.480 e. The molecule has 6 nitrogen and oxygen atoms in total. The van der Waals surface area contributed by atoms with Crippen molar-refractivity contribution < 1.29 is 19.8 Å². The number of aliphatic carboxylic acids is 1. The molecule has 104 valence electrons. The molecule has 1 rings (SSSR count). The molecule has 0 radical (unpaired) electrons. The molecule has 0 fully saturated rings. The van der Waals surface area contributed by atoms with Gasteiger partial charge in [0.05, 0.1) is 13.0 Å². The number of carboxylic acid groups (broad SMARTS) is 1. The second-order valence-electron chi connectivity index (χ2n) is 3.83. The smallest absolute Gasteiger partial charge is 0.321 e. The number of benzene rings is 1. The molecular formula is C12H15ClN2O4. The molecule has 1 aromatic carbocycles. The number of hydrogen-bond donors (Lipinski definition) is 4. The Morgan fingerprint density at radius 3 is 2.42 bits per heavy atom. The van der Waals surface area contributed by atoms with E-state index in [1.165, 1.54) is 0 Å². The minimum atomic E-state index is -1.14. The molecule has 1 atom stereocenters. The van der Waals surface area contributed by atoms with Crippen molar-refractivity contribution in [1.29, 1.82) is 0 Å². The summed E-state index contributed by atoms with van der Waals surface area (Å²) in [6.45, 7) is -0.0756. The molecule has 0 bridgehead atoms. The molecule has 0 saturated carbocycles. The maximum Gasteiger partial charge on any atom is 0.321 e. The molecule has 0 aliphatic carbocycles. The topological polar surface area (TPSA) is 98.7 Å². The van der Waals surface area contributed by atoms with Crippen LogP contribution in [-0.2, 0) is 9.59 Å². The van der Waals surface area contributed by atoms with Crippen molar-refractivity contribution in [3.05, 3.63) is 29.3 Å². The molecule has 0 spiro atoms. The number of aliphatic hydroxyl groups excluding tert-OH is 1. The lowest BCUT2D eigenvalue weighted by Crippen LogP contribution is -2.41. The summed E-state index contributed by atoms with van der Waals surface area (Å²) in [5, 5.41) is 23.2. The van der Waals surface area contributed by atoms with Gasteiger partial charge < -0.3 is 20.8 Å². The predicted molar refractivity (Wildman–Crippen MR) is 71.2 cm³/mol.